The molecule has 0 aliphatic carbocycles. The molecule has 0 spiro atoms. The number of rotatable bonds is 44. The Morgan fingerprint density at radius 1 is 0.579 bits per heavy atom. The van der Waals surface area contributed by atoms with E-state index in [0.29, 0.717) is 6.42 Å². The topological polar surface area (TPSA) is 131 Å². The summed E-state index contributed by atoms with van der Waals surface area (Å²) in [5, 5.41) is 13.7. The number of carbonyl (C=O) groups excluding carboxylic acids is 1. The van der Waals surface area contributed by atoms with Gasteiger partial charge in [-0.05, 0) is 64.2 Å². The molecule has 0 aliphatic rings. The van der Waals surface area contributed by atoms with Crippen molar-refractivity contribution < 1.29 is 28.4 Å². The highest BCUT2D eigenvalue weighted by molar-refractivity contribution is 7.47. The van der Waals surface area contributed by atoms with Gasteiger partial charge in [-0.3, -0.25) is 13.8 Å². The maximum atomic E-state index is 12.8. The molecule has 0 bridgehead atoms. The van der Waals surface area contributed by atoms with Gasteiger partial charge in [0.05, 0.1) is 25.4 Å². The summed E-state index contributed by atoms with van der Waals surface area (Å²) in [5.41, 5.74) is 5.38. The predicted molar refractivity (Wildman–Crippen MR) is 244 cm³/mol. The lowest BCUT2D eigenvalue weighted by atomic mass is 10.0. The van der Waals surface area contributed by atoms with Gasteiger partial charge in [0.2, 0.25) is 5.91 Å². The zero-order valence-corrected chi connectivity index (χ0v) is 38.0. The zero-order valence-electron chi connectivity index (χ0n) is 37.1. The molecule has 9 heteroatoms. The second kappa shape index (κ2) is 44.0. The summed E-state index contributed by atoms with van der Waals surface area (Å²) in [6, 6.07) is -0.880. The normalized spacial score (nSPS) is 14.4. The monoisotopic (exact) mass is 823 g/mol. The van der Waals surface area contributed by atoms with Crippen LogP contribution in [-0.4, -0.2) is 47.8 Å². The van der Waals surface area contributed by atoms with Crippen molar-refractivity contribution in [3.63, 3.8) is 0 Å². The minimum atomic E-state index is -4.35. The van der Waals surface area contributed by atoms with Crippen LogP contribution in [0.1, 0.15) is 219 Å². The quantitative estimate of drug-likeness (QED) is 0.0273. The molecule has 334 valence electrons. The Morgan fingerprint density at radius 2 is 0.982 bits per heavy atom. The lowest BCUT2D eigenvalue weighted by molar-refractivity contribution is -0.123. The molecule has 0 aliphatic heterocycles. The van der Waals surface area contributed by atoms with Crippen molar-refractivity contribution in [2.45, 2.75) is 231 Å². The first-order chi connectivity index (χ1) is 27.9. The molecule has 0 rings (SSSR count). The van der Waals surface area contributed by atoms with Gasteiger partial charge in [-0.2, -0.15) is 0 Å². The second-order valence-corrected chi connectivity index (χ2v) is 17.4. The Kier molecular flexibility index (Phi) is 42.8. The molecule has 1 amide bonds. The van der Waals surface area contributed by atoms with Gasteiger partial charge >= 0.3 is 7.82 Å². The molecule has 0 aromatic rings. The highest BCUT2D eigenvalue weighted by Gasteiger charge is 2.26. The summed E-state index contributed by atoms with van der Waals surface area (Å²) in [7, 11) is -4.35. The molecule has 0 saturated carbocycles. The molecule has 0 heterocycles. The Hall–Kier alpha value is -1.54. The van der Waals surface area contributed by atoms with Crippen molar-refractivity contribution in [1.82, 2.24) is 5.32 Å². The first-order valence-electron chi connectivity index (χ1n) is 23.8. The van der Waals surface area contributed by atoms with Crippen molar-refractivity contribution in [2.75, 3.05) is 19.8 Å². The third kappa shape index (κ3) is 42.4. The predicted octanol–water partition coefficient (Wildman–Crippen LogP) is 13.7. The number of phosphoric acid groups is 1. The number of hydrogen-bond donors (Lipinski definition) is 4. The van der Waals surface area contributed by atoms with Crippen LogP contribution in [0.2, 0.25) is 0 Å². The van der Waals surface area contributed by atoms with Gasteiger partial charge in [0, 0.05) is 13.0 Å². The molecule has 3 unspecified atom stereocenters. The van der Waals surface area contributed by atoms with Crippen LogP contribution in [0.5, 0.6) is 0 Å². The number of nitrogens with one attached hydrogen (secondary N) is 1. The number of amides is 1. The number of aliphatic hydroxyl groups is 1. The second-order valence-electron chi connectivity index (χ2n) is 16.0. The molecular weight excluding hydrogens is 732 g/mol. The SMILES string of the molecule is CCCCC/C=C\C/C=C\CCCCCCCCCCCC(=O)NC(COP(=O)(O)OCCN)C(O)/C=C/CC/C=C/CCCCCCCCCCCCCCC. The lowest BCUT2D eigenvalue weighted by Crippen LogP contribution is -2.45. The summed E-state index contributed by atoms with van der Waals surface area (Å²) in [4.78, 5) is 22.8. The van der Waals surface area contributed by atoms with Gasteiger partial charge in [-0.15, -0.1) is 0 Å². The van der Waals surface area contributed by atoms with Crippen LogP contribution in [-0.2, 0) is 18.4 Å². The maximum absolute atomic E-state index is 12.8. The highest BCUT2D eigenvalue weighted by atomic mass is 31.2. The number of unbranched alkanes of at least 4 members (excludes halogenated alkanes) is 26. The molecular formula is C48H91N2O6P. The fourth-order valence-electron chi connectivity index (χ4n) is 6.77. The number of carbonyl (C=O) groups is 1. The third-order valence-electron chi connectivity index (χ3n) is 10.4. The first kappa shape index (κ1) is 55.5. The van der Waals surface area contributed by atoms with Crippen LogP contribution in [0.15, 0.2) is 48.6 Å². The molecule has 0 fully saturated rings. The van der Waals surface area contributed by atoms with Crippen LogP contribution in [0.4, 0.5) is 0 Å². The van der Waals surface area contributed by atoms with Crippen molar-refractivity contribution in [3.05, 3.63) is 48.6 Å². The van der Waals surface area contributed by atoms with Crippen LogP contribution in [0.25, 0.3) is 0 Å². The number of nitrogens with two attached hydrogens (primary N) is 1. The van der Waals surface area contributed by atoms with E-state index in [-0.39, 0.29) is 25.7 Å². The summed E-state index contributed by atoms with van der Waals surface area (Å²) in [6.07, 6.45) is 54.5. The minimum Gasteiger partial charge on any atom is -0.387 e. The van der Waals surface area contributed by atoms with E-state index in [1.165, 1.54) is 154 Å². The Bertz CT molecular complexity index is 1030. The van der Waals surface area contributed by atoms with Gasteiger partial charge in [-0.25, -0.2) is 4.57 Å². The fourth-order valence-corrected chi connectivity index (χ4v) is 7.53. The standard InChI is InChI=1S/C48H91N2O6P/c1-3-5-7-9-11-13-15-17-19-21-23-25-27-29-31-33-35-37-39-41-47(51)46(45-56-57(53,54)55-44-43-49)50-48(52)42-40-38-36-34-32-30-28-26-24-22-20-18-16-14-12-10-8-6-4-2/h12,14,18,20,31,33,39,41,46-47,51H,3-11,13,15-17,19,21-30,32,34-38,40,42-45,49H2,1-2H3,(H,50,52)(H,53,54)/b14-12-,20-18-,33-31+,41-39+. The Morgan fingerprint density at radius 3 is 1.49 bits per heavy atom. The molecule has 5 N–H and O–H groups in total. The van der Waals surface area contributed by atoms with E-state index in [2.05, 4.69) is 55.6 Å². The van der Waals surface area contributed by atoms with Crippen molar-refractivity contribution in [1.29, 1.82) is 0 Å². The molecule has 0 radical (unpaired) electrons. The summed E-state index contributed by atoms with van der Waals surface area (Å²) in [5.74, 6) is -0.208. The molecule has 0 aromatic heterocycles. The number of aliphatic hydroxyl groups excluding tert-OH is 1. The van der Waals surface area contributed by atoms with Crippen molar-refractivity contribution >= 4 is 13.7 Å². The van der Waals surface area contributed by atoms with Gasteiger partial charge in [0.1, 0.15) is 0 Å². The average molecular weight is 823 g/mol. The maximum Gasteiger partial charge on any atom is 0.472 e. The molecule has 8 nitrogen and oxygen atoms in total. The molecule has 3 atom stereocenters. The van der Waals surface area contributed by atoms with Gasteiger partial charge in [0.25, 0.3) is 0 Å². The van der Waals surface area contributed by atoms with Gasteiger partial charge in [0.15, 0.2) is 0 Å². The third-order valence-corrected chi connectivity index (χ3v) is 11.4. The van der Waals surface area contributed by atoms with E-state index in [1.807, 2.05) is 6.08 Å². The van der Waals surface area contributed by atoms with Crippen molar-refractivity contribution in [3.8, 4) is 0 Å². The van der Waals surface area contributed by atoms with E-state index < -0.39 is 20.0 Å². The summed E-state index contributed by atoms with van der Waals surface area (Å²) in [6.45, 7) is 4.10. The van der Waals surface area contributed by atoms with E-state index in [1.54, 1.807) is 6.08 Å². The molecule has 0 aromatic carbocycles. The van der Waals surface area contributed by atoms with E-state index in [9.17, 15) is 19.4 Å². The van der Waals surface area contributed by atoms with Crippen molar-refractivity contribution in [2.24, 2.45) is 5.73 Å². The van der Waals surface area contributed by atoms with E-state index >= 15 is 0 Å². The lowest BCUT2D eigenvalue weighted by Gasteiger charge is -2.23. The first-order valence-corrected chi connectivity index (χ1v) is 25.3. The average Bonchev–Trinajstić information content (AvgIpc) is 3.20. The zero-order chi connectivity index (χ0) is 41.8. The summed E-state index contributed by atoms with van der Waals surface area (Å²) < 4.78 is 22.2. The van der Waals surface area contributed by atoms with E-state index in [4.69, 9.17) is 14.8 Å². The Balaban J connectivity index is 4.21. The Labute approximate surface area is 352 Å². The number of hydrogen-bond acceptors (Lipinski definition) is 6. The molecule has 57 heavy (non-hydrogen) atoms. The van der Waals surface area contributed by atoms with Crippen LogP contribution < -0.4 is 11.1 Å². The smallest absolute Gasteiger partial charge is 0.387 e. The van der Waals surface area contributed by atoms with Crippen LogP contribution >= 0.6 is 7.82 Å². The van der Waals surface area contributed by atoms with Gasteiger partial charge in [-0.1, -0.05) is 197 Å². The van der Waals surface area contributed by atoms with Crippen LogP contribution in [0.3, 0.4) is 0 Å². The largest absolute Gasteiger partial charge is 0.472 e. The summed E-state index contributed by atoms with van der Waals surface area (Å²) >= 11 is 0. The molecule has 0 saturated heterocycles. The van der Waals surface area contributed by atoms with Crippen LogP contribution in [0, 0.1) is 0 Å². The van der Waals surface area contributed by atoms with Gasteiger partial charge < -0.3 is 21.1 Å². The minimum absolute atomic E-state index is 0.0723. The highest BCUT2D eigenvalue weighted by Crippen LogP contribution is 2.43. The van der Waals surface area contributed by atoms with E-state index in [0.717, 1.165) is 44.9 Å². The fraction of sp³-hybridized carbons (Fsp3) is 0.812. The number of allylic oxidation sites excluding steroid dienone is 7. The number of phosphoric ester groups is 1.